The number of amides is 2. The summed E-state index contributed by atoms with van der Waals surface area (Å²) in [5, 5.41) is 2.58. The largest absolute Gasteiger partial charge is 0.329 e. The Hall–Kier alpha value is -2.69. The first-order valence-electron chi connectivity index (χ1n) is 6.89. The molecule has 0 aromatic heterocycles. The number of carbonyl (C=O) groups excluding carboxylic acids is 2. The van der Waals surface area contributed by atoms with Crippen molar-refractivity contribution in [3.8, 4) is 0 Å². The van der Waals surface area contributed by atoms with Crippen molar-refractivity contribution < 1.29 is 14.0 Å². The minimum absolute atomic E-state index is 0.0826. The van der Waals surface area contributed by atoms with Gasteiger partial charge in [-0.1, -0.05) is 36.4 Å². The van der Waals surface area contributed by atoms with Gasteiger partial charge in [-0.2, -0.15) is 0 Å². The van der Waals surface area contributed by atoms with E-state index in [4.69, 9.17) is 0 Å². The quantitative estimate of drug-likeness (QED) is 0.923. The molecule has 0 saturated carbocycles. The molecule has 4 nitrogen and oxygen atoms in total. The maximum absolute atomic E-state index is 13.1. The van der Waals surface area contributed by atoms with Gasteiger partial charge in [-0.05, 0) is 23.8 Å². The minimum atomic E-state index is -0.425. The minimum Gasteiger partial charge on any atom is -0.329 e. The van der Waals surface area contributed by atoms with E-state index >= 15 is 0 Å². The second kappa shape index (κ2) is 7.36. The molecule has 5 heteroatoms. The Morgan fingerprint density at radius 2 is 1.82 bits per heavy atom. The van der Waals surface area contributed by atoms with Gasteiger partial charge < -0.3 is 10.2 Å². The molecule has 0 atom stereocenters. The predicted octanol–water partition coefficient (Wildman–Crippen LogP) is 2.81. The molecule has 0 unspecified atom stereocenters. The molecule has 0 saturated heterocycles. The molecule has 2 aromatic rings. The third-order valence-corrected chi connectivity index (χ3v) is 3.10. The number of hydrogen-bond acceptors (Lipinski definition) is 2. The number of hydrogen-bond donors (Lipinski definition) is 1. The molecule has 2 aromatic carbocycles. The topological polar surface area (TPSA) is 49.4 Å². The smallest absolute Gasteiger partial charge is 0.244 e. The lowest BCUT2D eigenvalue weighted by molar-refractivity contribution is -0.133. The number of carbonyl (C=O) groups is 2. The summed E-state index contributed by atoms with van der Waals surface area (Å²) in [6, 6.07) is 15.0. The van der Waals surface area contributed by atoms with Crippen LogP contribution in [0.25, 0.3) is 0 Å². The van der Waals surface area contributed by atoms with Crippen LogP contribution in [0, 0.1) is 5.82 Å². The number of nitrogens with one attached hydrogen (secondary N) is 1. The molecule has 114 valence electrons. The maximum atomic E-state index is 13.1. The zero-order chi connectivity index (χ0) is 15.9. The average molecular weight is 300 g/mol. The Kier molecular flexibility index (Phi) is 5.25. The summed E-state index contributed by atoms with van der Waals surface area (Å²) in [6.45, 7) is 1.69. The first kappa shape index (κ1) is 15.7. The van der Waals surface area contributed by atoms with Crippen molar-refractivity contribution in [1.82, 2.24) is 4.90 Å². The maximum Gasteiger partial charge on any atom is 0.244 e. The molecule has 0 heterocycles. The summed E-state index contributed by atoms with van der Waals surface area (Å²) in [6.07, 6.45) is 0. The highest BCUT2D eigenvalue weighted by Crippen LogP contribution is 2.10. The third kappa shape index (κ3) is 4.70. The fourth-order valence-electron chi connectivity index (χ4n) is 2.02. The average Bonchev–Trinajstić information content (AvgIpc) is 2.47. The molecule has 0 aliphatic rings. The molecule has 2 rings (SSSR count). The Labute approximate surface area is 128 Å². The molecule has 0 radical (unpaired) electrons. The van der Waals surface area contributed by atoms with Crippen LogP contribution in [-0.2, 0) is 16.1 Å². The number of rotatable bonds is 5. The summed E-state index contributed by atoms with van der Waals surface area (Å²) in [7, 11) is 0. The van der Waals surface area contributed by atoms with Crippen LogP contribution >= 0.6 is 0 Å². The van der Waals surface area contributed by atoms with Gasteiger partial charge in [0.2, 0.25) is 11.8 Å². The number of nitrogens with zero attached hydrogens (tertiary/aromatic N) is 1. The van der Waals surface area contributed by atoms with Gasteiger partial charge in [0, 0.05) is 19.2 Å². The Balaban J connectivity index is 1.98. The highest BCUT2D eigenvalue weighted by molar-refractivity contribution is 5.94. The van der Waals surface area contributed by atoms with E-state index in [0.29, 0.717) is 12.2 Å². The molecule has 0 aliphatic heterocycles. The summed E-state index contributed by atoms with van der Waals surface area (Å²) < 4.78 is 13.1. The summed E-state index contributed by atoms with van der Waals surface area (Å²) in [4.78, 5) is 25.1. The van der Waals surface area contributed by atoms with Crippen LogP contribution in [0.4, 0.5) is 10.1 Å². The van der Waals surface area contributed by atoms with Crippen molar-refractivity contribution in [2.45, 2.75) is 13.5 Å². The molecule has 0 bridgehead atoms. The van der Waals surface area contributed by atoms with E-state index in [1.54, 1.807) is 6.07 Å². The van der Waals surface area contributed by atoms with E-state index in [-0.39, 0.29) is 18.4 Å². The van der Waals surface area contributed by atoms with Crippen LogP contribution in [0.5, 0.6) is 0 Å². The molecule has 0 fully saturated rings. The number of halogens is 1. The molecule has 0 aliphatic carbocycles. The van der Waals surface area contributed by atoms with E-state index in [2.05, 4.69) is 5.32 Å². The molecule has 22 heavy (non-hydrogen) atoms. The Bertz CT molecular complexity index is 659. The molecular weight excluding hydrogens is 283 g/mol. The lowest BCUT2D eigenvalue weighted by Crippen LogP contribution is -2.36. The number of anilines is 1. The van der Waals surface area contributed by atoms with Crippen molar-refractivity contribution >= 4 is 17.5 Å². The van der Waals surface area contributed by atoms with Crippen molar-refractivity contribution in [2.75, 3.05) is 11.9 Å². The van der Waals surface area contributed by atoms with Crippen molar-refractivity contribution in [3.63, 3.8) is 0 Å². The van der Waals surface area contributed by atoms with Gasteiger partial charge in [0.1, 0.15) is 12.4 Å². The lowest BCUT2D eigenvalue weighted by atomic mass is 10.2. The van der Waals surface area contributed by atoms with Crippen molar-refractivity contribution in [3.05, 3.63) is 66.0 Å². The van der Waals surface area contributed by atoms with E-state index < -0.39 is 5.82 Å². The monoisotopic (exact) mass is 300 g/mol. The van der Waals surface area contributed by atoms with Crippen molar-refractivity contribution in [2.24, 2.45) is 0 Å². The summed E-state index contributed by atoms with van der Waals surface area (Å²) in [5.41, 5.74) is 1.31. The lowest BCUT2D eigenvalue weighted by Gasteiger charge is -2.20. The second-order valence-electron chi connectivity index (χ2n) is 4.92. The predicted molar refractivity (Wildman–Crippen MR) is 82.6 cm³/mol. The first-order chi connectivity index (χ1) is 10.5. The van der Waals surface area contributed by atoms with Crippen LogP contribution in [0.15, 0.2) is 54.6 Å². The van der Waals surface area contributed by atoms with Crippen molar-refractivity contribution in [1.29, 1.82) is 0 Å². The molecular formula is C17H17FN2O2. The molecule has 1 N–H and O–H groups in total. The molecule has 0 spiro atoms. The fourth-order valence-corrected chi connectivity index (χ4v) is 2.02. The van der Waals surface area contributed by atoms with Gasteiger partial charge in [0.15, 0.2) is 0 Å². The van der Waals surface area contributed by atoms with E-state index in [1.807, 2.05) is 30.3 Å². The van der Waals surface area contributed by atoms with Crippen LogP contribution in [0.1, 0.15) is 12.5 Å². The fraction of sp³-hybridized carbons (Fsp3) is 0.176. The van der Waals surface area contributed by atoms with E-state index in [1.165, 1.54) is 30.0 Å². The summed E-state index contributed by atoms with van der Waals surface area (Å²) >= 11 is 0. The van der Waals surface area contributed by atoms with Gasteiger partial charge in [-0.3, -0.25) is 9.59 Å². The zero-order valence-corrected chi connectivity index (χ0v) is 12.3. The van der Waals surface area contributed by atoms with Gasteiger partial charge in [0.25, 0.3) is 0 Å². The Morgan fingerprint density at radius 1 is 1.09 bits per heavy atom. The van der Waals surface area contributed by atoms with Crippen LogP contribution in [-0.4, -0.2) is 23.3 Å². The highest BCUT2D eigenvalue weighted by atomic mass is 19.1. The van der Waals surface area contributed by atoms with Crippen LogP contribution < -0.4 is 5.32 Å². The highest BCUT2D eigenvalue weighted by Gasteiger charge is 2.14. The number of benzene rings is 2. The van der Waals surface area contributed by atoms with Gasteiger partial charge in [0.05, 0.1) is 0 Å². The van der Waals surface area contributed by atoms with E-state index in [9.17, 15) is 14.0 Å². The van der Waals surface area contributed by atoms with Gasteiger partial charge >= 0.3 is 0 Å². The van der Waals surface area contributed by atoms with Crippen LogP contribution in [0.3, 0.4) is 0 Å². The van der Waals surface area contributed by atoms with Crippen LogP contribution in [0.2, 0.25) is 0 Å². The normalized spacial score (nSPS) is 10.1. The van der Waals surface area contributed by atoms with Gasteiger partial charge in [-0.15, -0.1) is 0 Å². The first-order valence-corrected chi connectivity index (χ1v) is 6.89. The SMILES string of the molecule is CC(=O)N(CC(=O)Nc1cccc(F)c1)Cc1ccccc1. The third-order valence-electron chi connectivity index (χ3n) is 3.10. The zero-order valence-electron chi connectivity index (χ0n) is 12.3. The Morgan fingerprint density at radius 3 is 2.45 bits per heavy atom. The summed E-state index contributed by atoms with van der Waals surface area (Å²) in [5.74, 6) is -0.986. The standard InChI is InChI=1S/C17H17FN2O2/c1-13(21)20(11-14-6-3-2-4-7-14)12-17(22)19-16-9-5-8-15(18)10-16/h2-10H,11-12H2,1H3,(H,19,22). The second-order valence-corrected chi connectivity index (χ2v) is 4.92. The van der Waals surface area contributed by atoms with Gasteiger partial charge in [-0.25, -0.2) is 4.39 Å². The molecule has 2 amide bonds. The van der Waals surface area contributed by atoms with E-state index in [0.717, 1.165) is 5.56 Å².